The molecule has 2 heterocycles. The van der Waals surface area contributed by atoms with E-state index < -0.39 is 17.9 Å². The van der Waals surface area contributed by atoms with Crippen LogP contribution in [0.25, 0.3) is 10.4 Å². The van der Waals surface area contributed by atoms with E-state index in [9.17, 15) is 14.4 Å². The Kier molecular flexibility index (Phi) is 10.6. The van der Waals surface area contributed by atoms with Crippen LogP contribution in [-0.2, 0) is 27.2 Å². The van der Waals surface area contributed by atoms with Gasteiger partial charge in [-0.25, -0.2) is 9.97 Å². The van der Waals surface area contributed by atoms with E-state index in [-0.39, 0.29) is 44.3 Å². The summed E-state index contributed by atoms with van der Waals surface area (Å²) in [5.74, 6) is -1.26. The first kappa shape index (κ1) is 25.6. The van der Waals surface area contributed by atoms with Crippen molar-refractivity contribution in [2.45, 2.75) is 57.5 Å². The van der Waals surface area contributed by atoms with Crippen molar-refractivity contribution < 1.29 is 14.4 Å². The van der Waals surface area contributed by atoms with Crippen molar-refractivity contribution in [1.29, 1.82) is 0 Å². The molecule has 0 fully saturated rings. The van der Waals surface area contributed by atoms with Gasteiger partial charge in [-0.15, -0.1) is 0 Å². The van der Waals surface area contributed by atoms with E-state index in [1.54, 1.807) is 19.3 Å². The molecule has 0 aromatic carbocycles. The molecule has 2 aromatic heterocycles. The highest BCUT2D eigenvalue weighted by Gasteiger charge is 2.30. The zero-order valence-corrected chi connectivity index (χ0v) is 18.6. The Hall–Kier alpha value is -3.70. The molecule has 1 unspecified atom stereocenters. The number of carbonyl (C=O) groups excluding carboxylic acids is 3. The lowest BCUT2D eigenvalue weighted by Crippen LogP contribution is -2.52. The molecule has 0 aliphatic rings. The van der Waals surface area contributed by atoms with Gasteiger partial charge in [-0.2, -0.15) is 0 Å². The second-order valence-electron chi connectivity index (χ2n) is 7.60. The van der Waals surface area contributed by atoms with Gasteiger partial charge in [0.15, 0.2) is 0 Å². The number of amides is 3. The maximum atomic E-state index is 13.4. The molecule has 5 N–H and O–H groups in total. The van der Waals surface area contributed by atoms with Gasteiger partial charge in [-0.1, -0.05) is 12.0 Å². The number of aromatic amines is 2. The first-order chi connectivity index (χ1) is 15.9. The minimum atomic E-state index is -0.962. The number of imide groups is 1. The van der Waals surface area contributed by atoms with Gasteiger partial charge in [0.25, 0.3) is 5.91 Å². The molecule has 13 heteroatoms. The van der Waals surface area contributed by atoms with Crippen molar-refractivity contribution in [3.63, 3.8) is 0 Å². The third kappa shape index (κ3) is 8.75. The molecule has 0 aliphatic heterocycles. The van der Waals surface area contributed by atoms with Gasteiger partial charge in [0, 0.05) is 73.5 Å². The van der Waals surface area contributed by atoms with Crippen LogP contribution in [0.4, 0.5) is 0 Å². The van der Waals surface area contributed by atoms with Gasteiger partial charge in [0.05, 0.1) is 12.7 Å². The van der Waals surface area contributed by atoms with Crippen molar-refractivity contribution >= 4 is 17.7 Å². The van der Waals surface area contributed by atoms with Gasteiger partial charge in [0.2, 0.25) is 11.8 Å². The Morgan fingerprint density at radius 2 is 1.91 bits per heavy atom. The highest BCUT2D eigenvalue weighted by Crippen LogP contribution is 2.09. The third-order valence-corrected chi connectivity index (χ3v) is 4.97. The van der Waals surface area contributed by atoms with Crippen molar-refractivity contribution in [2.75, 3.05) is 13.1 Å². The molecule has 0 saturated heterocycles. The van der Waals surface area contributed by atoms with Gasteiger partial charge in [-0.3, -0.25) is 19.3 Å². The van der Waals surface area contributed by atoms with Gasteiger partial charge in [-0.05, 0) is 18.4 Å². The summed E-state index contributed by atoms with van der Waals surface area (Å²) in [5.41, 5.74) is 15.4. The molecule has 178 valence electrons. The van der Waals surface area contributed by atoms with Crippen LogP contribution < -0.4 is 11.1 Å². The van der Waals surface area contributed by atoms with Crippen molar-refractivity contribution in [3.05, 3.63) is 46.9 Å². The highest BCUT2D eigenvalue weighted by atomic mass is 16.2. The first-order valence-corrected chi connectivity index (χ1v) is 10.8. The number of carbonyl (C=O) groups is 3. The second kappa shape index (κ2) is 13.7. The zero-order chi connectivity index (χ0) is 24.1. The summed E-state index contributed by atoms with van der Waals surface area (Å²) < 4.78 is 0. The fourth-order valence-electron chi connectivity index (χ4n) is 3.24. The predicted molar refractivity (Wildman–Crippen MR) is 119 cm³/mol. The Bertz CT molecular complexity index is 922. The molecule has 3 amide bonds. The lowest BCUT2D eigenvalue weighted by atomic mass is 10.1. The van der Waals surface area contributed by atoms with Crippen LogP contribution in [0.2, 0.25) is 0 Å². The summed E-state index contributed by atoms with van der Waals surface area (Å²) in [6.07, 6.45) is 7.93. The number of aromatic nitrogens is 4. The molecule has 0 aliphatic carbocycles. The van der Waals surface area contributed by atoms with Gasteiger partial charge >= 0.3 is 0 Å². The van der Waals surface area contributed by atoms with E-state index in [4.69, 9.17) is 11.3 Å². The van der Waals surface area contributed by atoms with Crippen LogP contribution in [0, 0.1) is 0 Å². The average molecular weight is 459 g/mol. The molecule has 2 rings (SSSR count). The molecule has 13 nitrogen and oxygen atoms in total. The summed E-state index contributed by atoms with van der Waals surface area (Å²) in [4.78, 5) is 56.3. The summed E-state index contributed by atoms with van der Waals surface area (Å²) >= 11 is 0. The smallest absolute Gasteiger partial charge is 0.252 e. The highest BCUT2D eigenvalue weighted by molar-refractivity contribution is 5.99. The third-order valence-electron chi connectivity index (χ3n) is 4.97. The number of hydrogen-bond donors (Lipinski definition) is 4. The van der Waals surface area contributed by atoms with Crippen LogP contribution in [0.5, 0.6) is 0 Å². The zero-order valence-electron chi connectivity index (χ0n) is 18.6. The Labute approximate surface area is 191 Å². The minimum absolute atomic E-state index is 0.0107. The number of hydrogen-bond acceptors (Lipinski definition) is 7. The summed E-state index contributed by atoms with van der Waals surface area (Å²) in [7, 11) is 0. The number of azide groups is 1. The molecule has 0 saturated carbocycles. The first-order valence-electron chi connectivity index (χ1n) is 10.8. The van der Waals surface area contributed by atoms with Crippen molar-refractivity contribution in [1.82, 2.24) is 30.2 Å². The largest absolute Gasteiger partial charge is 0.348 e. The van der Waals surface area contributed by atoms with E-state index in [2.05, 4.69) is 35.3 Å². The maximum Gasteiger partial charge on any atom is 0.252 e. The van der Waals surface area contributed by atoms with E-state index in [0.29, 0.717) is 25.0 Å². The molecule has 0 bridgehead atoms. The van der Waals surface area contributed by atoms with E-state index in [0.717, 1.165) is 10.6 Å². The number of nitrogens with two attached hydrogens (primary N) is 1. The van der Waals surface area contributed by atoms with E-state index in [1.807, 2.05) is 0 Å². The summed E-state index contributed by atoms with van der Waals surface area (Å²) in [6, 6.07) is -1.19. The van der Waals surface area contributed by atoms with Crippen LogP contribution in [0.15, 0.2) is 30.2 Å². The lowest BCUT2D eigenvalue weighted by molar-refractivity contribution is -0.147. The van der Waals surface area contributed by atoms with Crippen LogP contribution in [0.3, 0.4) is 0 Å². The van der Waals surface area contributed by atoms with Crippen molar-refractivity contribution in [3.8, 4) is 0 Å². The monoisotopic (exact) mass is 458 g/mol. The van der Waals surface area contributed by atoms with E-state index >= 15 is 0 Å². The van der Waals surface area contributed by atoms with Crippen LogP contribution in [-0.4, -0.2) is 67.7 Å². The summed E-state index contributed by atoms with van der Waals surface area (Å²) in [5, 5.41) is 6.33. The fourth-order valence-corrected chi connectivity index (χ4v) is 3.24. The minimum Gasteiger partial charge on any atom is -0.348 e. The Balaban J connectivity index is 2.10. The molecular formula is C20H30N10O3. The molecular weight excluding hydrogens is 428 g/mol. The normalized spacial score (nSPS) is 12.4. The number of nitrogens with zero attached hydrogens (tertiary/aromatic N) is 6. The summed E-state index contributed by atoms with van der Waals surface area (Å²) in [6.45, 7) is 2.00. The Morgan fingerprint density at radius 1 is 1.21 bits per heavy atom. The number of nitrogens with one attached hydrogen (secondary N) is 3. The van der Waals surface area contributed by atoms with Crippen molar-refractivity contribution in [2.24, 2.45) is 10.8 Å². The maximum absolute atomic E-state index is 13.4. The van der Waals surface area contributed by atoms with Gasteiger partial charge in [0.1, 0.15) is 6.04 Å². The molecule has 2 aromatic rings. The average Bonchev–Trinajstić information content (AvgIpc) is 3.48. The quantitative estimate of drug-likeness (QED) is 0.185. The standard InChI is InChI=1S/C20H30N10O3/c1-14(28-29-22)3-2-4-18(31)27-17(9-16-11-24-13-26-16)20(33)30(19(32)5-7-21)8-6-15-10-23-12-25-15/h10-14,17H,2-9,21H2,1H3,(H,23,25)(H,24,26)(H,27,31)/t14?,17-/m0/s1. The van der Waals surface area contributed by atoms with E-state index in [1.165, 1.54) is 12.7 Å². The van der Waals surface area contributed by atoms with Crippen LogP contribution in [0.1, 0.15) is 44.0 Å². The molecule has 0 spiro atoms. The fraction of sp³-hybridized carbons (Fsp3) is 0.550. The number of rotatable bonds is 14. The SMILES string of the molecule is CC(CCCC(=O)N[C@@H](Cc1cnc[nH]1)C(=O)N(CCc1cnc[nH]1)C(=O)CCN)N=[N+]=[N-]. The molecule has 0 radical (unpaired) electrons. The molecule has 2 atom stereocenters. The number of H-pyrrole nitrogens is 2. The van der Waals surface area contributed by atoms with Crippen LogP contribution >= 0.6 is 0 Å². The second-order valence-corrected chi connectivity index (χ2v) is 7.60. The topological polar surface area (TPSA) is 199 Å². The number of imidazole rings is 2. The Morgan fingerprint density at radius 3 is 2.52 bits per heavy atom. The van der Waals surface area contributed by atoms with Gasteiger partial charge < -0.3 is 21.0 Å². The lowest BCUT2D eigenvalue weighted by Gasteiger charge is -2.26. The molecule has 33 heavy (non-hydrogen) atoms. The predicted octanol–water partition coefficient (Wildman–Crippen LogP) is 0.976.